The molecule has 1 heterocycles. The van der Waals surface area contributed by atoms with Crippen LogP contribution in [-0.2, 0) is 17.9 Å². The van der Waals surface area contributed by atoms with Crippen molar-refractivity contribution in [3.05, 3.63) is 90.9 Å². The molecule has 1 aromatic heterocycles. The zero-order valence-corrected chi connectivity index (χ0v) is 19.7. The highest BCUT2D eigenvalue weighted by atomic mass is 35.5. The van der Waals surface area contributed by atoms with Crippen LogP contribution in [0.3, 0.4) is 0 Å². The maximum atomic E-state index is 8.36. The second-order valence-corrected chi connectivity index (χ2v) is 8.80. The fourth-order valence-corrected chi connectivity index (χ4v) is 4.37. The van der Waals surface area contributed by atoms with Crippen LogP contribution in [0.4, 0.5) is 0 Å². The number of hydrogen-bond donors (Lipinski definition) is 1. The van der Waals surface area contributed by atoms with Crippen molar-refractivity contribution in [2.75, 3.05) is 5.75 Å². The van der Waals surface area contributed by atoms with Crippen molar-refractivity contribution in [3.8, 4) is 0 Å². The summed E-state index contributed by atoms with van der Waals surface area (Å²) in [6.07, 6.45) is 5.36. The van der Waals surface area contributed by atoms with Gasteiger partial charge in [-0.3, -0.25) is 0 Å². The fraction of sp³-hybridized carbons (Fsp3) is 0.211. The maximum Gasteiger partial charge on any atom is 0.291 e. The average molecular weight is 525 g/mol. The van der Waals surface area contributed by atoms with Gasteiger partial charge in [-0.05, 0) is 35.9 Å². The van der Waals surface area contributed by atoms with E-state index in [0.717, 1.165) is 10.5 Å². The van der Waals surface area contributed by atoms with Gasteiger partial charge in [-0.2, -0.15) is 0 Å². The number of benzene rings is 2. The van der Waals surface area contributed by atoms with E-state index < -0.39 is 5.09 Å². The van der Waals surface area contributed by atoms with E-state index in [0.29, 0.717) is 39.0 Å². The summed E-state index contributed by atoms with van der Waals surface area (Å²) >= 11 is 26.1. The first-order chi connectivity index (χ1) is 14.7. The summed E-state index contributed by atoms with van der Waals surface area (Å²) in [4.78, 5) is 13.4. The summed E-state index contributed by atoms with van der Waals surface area (Å²) < 4.78 is 8.13. The van der Waals surface area contributed by atoms with Crippen molar-refractivity contribution in [1.82, 2.24) is 9.55 Å². The monoisotopic (exact) mass is 523 g/mol. The molecule has 0 saturated heterocycles. The number of rotatable bonds is 8. The molecule has 0 aliphatic rings. The lowest BCUT2D eigenvalue weighted by Crippen LogP contribution is -2.22. The van der Waals surface area contributed by atoms with E-state index in [4.69, 9.17) is 66.5 Å². The van der Waals surface area contributed by atoms with E-state index in [-0.39, 0.29) is 6.10 Å². The van der Waals surface area contributed by atoms with Crippen molar-refractivity contribution < 1.29 is 15.0 Å². The molecule has 0 radical (unpaired) electrons. The molecule has 0 bridgehead atoms. The Morgan fingerprint density at radius 1 is 1.13 bits per heavy atom. The van der Waals surface area contributed by atoms with E-state index in [2.05, 4.69) is 4.98 Å². The topological polar surface area (TPSA) is 90.4 Å². The van der Waals surface area contributed by atoms with Crippen LogP contribution in [0, 0.1) is 10.1 Å². The lowest BCUT2D eigenvalue weighted by Gasteiger charge is -2.19. The Bertz CT molecular complexity index is 933. The van der Waals surface area contributed by atoms with E-state index >= 15 is 0 Å². The zero-order chi connectivity index (χ0) is 22.8. The molecule has 0 aliphatic heterocycles. The number of hydrogen-bond acceptors (Lipinski definition) is 5. The third-order valence-electron chi connectivity index (χ3n) is 3.78. The molecule has 0 amide bonds. The predicted octanol–water partition coefficient (Wildman–Crippen LogP) is 6.53. The first-order valence-electron chi connectivity index (χ1n) is 8.67. The van der Waals surface area contributed by atoms with E-state index in [9.17, 15) is 0 Å². The highest BCUT2D eigenvalue weighted by Crippen LogP contribution is 2.31. The minimum atomic E-state index is -1.50. The first-order valence-corrected chi connectivity index (χ1v) is 11.2. The number of thioether (sulfide) groups is 1. The Kier molecular flexibility index (Phi) is 10.7. The van der Waals surface area contributed by atoms with Gasteiger partial charge in [0.15, 0.2) is 0 Å². The van der Waals surface area contributed by atoms with Gasteiger partial charge < -0.3 is 14.5 Å². The predicted molar refractivity (Wildman–Crippen MR) is 123 cm³/mol. The lowest BCUT2D eigenvalue weighted by molar-refractivity contribution is -0.742. The fourth-order valence-electron chi connectivity index (χ4n) is 2.40. The van der Waals surface area contributed by atoms with Crippen molar-refractivity contribution in [2.24, 2.45) is 0 Å². The van der Waals surface area contributed by atoms with Gasteiger partial charge in [0, 0.05) is 38.1 Å². The Morgan fingerprint density at radius 2 is 1.77 bits per heavy atom. The standard InChI is InChI=1S/C19H16Cl4N2OS.HNO3/c20-14-2-1-13(17(22)7-14)10-26-16(9-25-6-5-24-12-25)11-27-19-4-3-15(21)8-18(19)23;2-1(3)4/h1-8,12,16H,9-11H2;(H,2,3,4). The Hall–Kier alpha value is -1.68. The van der Waals surface area contributed by atoms with E-state index in [1.54, 1.807) is 42.5 Å². The summed E-state index contributed by atoms with van der Waals surface area (Å²) in [5.74, 6) is 0.713. The van der Waals surface area contributed by atoms with Gasteiger partial charge in [0.25, 0.3) is 5.09 Å². The number of nitrogens with zero attached hydrogens (tertiary/aromatic N) is 3. The molecule has 12 heteroatoms. The van der Waals surface area contributed by atoms with Crippen LogP contribution >= 0.6 is 58.2 Å². The molecule has 3 aromatic rings. The maximum absolute atomic E-state index is 8.36. The summed E-state index contributed by atoms with van der Waals surface area (Å²) in [6, 6.07) is 10.9. The third-order valence-corrected chi connectivity index (χ3v) is 6.23. The largest absolute Gasteiger partial charge is 0.371 e. The van der Waals surface area contributed by atoms with Crippen LogP contribution < -0.4 is 0 Å². The molecule has 1 N–H and O–H groups in total. The highest BCUT2D eigenvalue weighted by molar-refractivity contribution is 7.99. The Morgan fingerprint density at radius 3 is 2.35 bits per heavy atom. The van der Waals surface area contributed by atoms with Crippen LogP contribution in [0.2, 0.25) is 20.1 Å². The van der Waals surface area contributed by atoms with Crippen LogP contribution in [0.15, 0.2) is 60.0 Å². The van der Waals surface area contributed by atoms with Crippen LogP contribution in [0.1, 0.15) is 5.56 Å². The second-order valence-electron chi connectivity index (χ2n) is 6.05. The number of imidazole rings is 1. The summed E-state index contributed by atoms with van der Waals surface area (Å²) in [6.45, 7) is 1.06. The Labute approximate surface area is 203 Å². The van der Waals surface area contributed by atoms with Gasteiger partial charge in [0.2, 0.25) is 0 Å². The van der Waals surface area contributed by atoms with Gasteiger partial charge in [-0.25, -0.2) is 4.98 Å². The molecule has 3 rings (SSSR count). The minimum Gasteiger partial charge on any atom is -0.371 e. The number of ether oxygens (including phenoxy) is 1. The van der Waals surface area contributed by atoms with Crippen LogP contribution in [0.5, 0.6) is 0 Å². The third kappa shape index (κ3) is 9.55. The molecule has 166 valence electrons. The average Bonchev–Trinajstić information content (AvgIpc) is 3.19. The summed E-state index contributed by atoms with van der Waals surface area (Å²) in [5, 5.41) is 16.1. The Balaban J connectivity index is 0.000000785. The molecule has 1 unspecified atom stereocenters. The number of halogens is 4. The van der Waals surface area contributed by atoms with Gasteiger partial charge in [0.05, 0.1) is 30.6 Å². The minimum absolute atomic E-state index is 0.0670. The van der Waals surface area contributed by atoms with Crippen LogP contribution in [0.25, 0.3) is 0 Å². The van der Waals surface area contributed by atoms with Gasteiger partial charge in [0.1, 0.15) is 0 Å². The number of aromatic nitrogens is 2. The highest BCUT2D eigenvalue weighted by Gasteiger charge is 2.14. The molecular formula is C19H17Cl4N3O4S. The molecule has 0 saturated carbocycles. The van der Waals surface area contributed by atoms with E-state index in [1.165, 1.54) is 0 Å². The summed E-state index contributed by atoms with van der Waals surface area (Å²) in [7, 11) is 0. The van der Waals surface area contributed by atoms with Gasteiger partial charge >= 0.3 is 0 Å². The van der Waals surface area contributed by atoms with Gasteiger partial charge in [-0.1, -0.05) is 52.5 Å². The zero-order valence-electron chi connectivity index (χ0n) is 15.8. The van der Waals surface area contributed by atoms with Crippen molar-refractivity contribution in [3.63, 3.8) is 0 Å². The van der Waals surface area contributed by atoms with Gasteiger partial charge in [-0.15, -0.1) is 21.9 Å². The first kappa shape index (κ1) is 25.6. The second kappa shape index (κ2) is 13.0. The smallest absolute Gasteiger partial charge is 0.291 e. The van der Waals surface area contributed by atoms with Crippen molar-refractivity contribution in [2.45, 2.75) is 24.2 Å². The molecule has 0 aliphatic carbocycles. The summed E-state index contributed by atoms with van der Waals surface area (Å²) in [5.41, 5.74) is 0.895. The van der Waals surface area contributed by atoms with Crippen LogP contribution in [-0.4, -0.2) is 31.7 Å². The molecule has 0 spiro atoms. The van der Waals surface area contributed by atoms with Crippen molar-refractivity contribution in [1.29, 1.82) is 0 Å². The SMILES string of the molecule is Clc1ccc(COC(CSc2ccc(Cl)cc2Cl)Cn2ccnc2)c(Cl)c1.O=[N+]([O-])O. The molecular weight excluding hydrogens is 508 g/mol. The quantitative estimate of drug-likeness (QED) is 0.205. The molecule has 7 nitrogen and oxygen atoms in total. The molecule has 0 fully saturated rings. The molecule has 1 atom stereocenters. The van der Waals surface area contributed by atoms with Crippen molar-refractivity contribution >= 4 is 58.2 Å². The molecule has 2 aromatic carbocycles. The lowest BCUT2D eigenvalue weighted by atomic mass is 10.2. The van der Waals surface area contributed by atoms with E-state index in [1.807, 2.05) is 29.0 Å². The normalized spacial score (nSPS) is 11.5. The molecule has 31 heavy (non-hydrogen) atoms.